The van der Waals surface area contributed by atoms with Gasteiger partial charge >= 0.3 is 0 Å². The second-order valence-electron chi connectivity index (χ2n) is 9.48. The minimum absolute atomic E-state index is 0.248. The van der Waals surface area contributed by atoms with Crippen LogP contribution in [0.25, 0.3) is 11.3 Å². The van der Waals surface area contributed by atoms with Crippen LogP contribution in [0, 0.1) is 6.92 Å². The van der Waals surface area contributed by atoms with Crippen LogP contribution < -0.4 is 9.47 Å². The van der Waals surface area contributed by atoms with Crippen molar-refractivity contribution >= 4 is 0 Å². The predicted octanol–water partition coefficient (Wildman–Crippen LogP) is 5.59. The molecular weight excluding hydrogens is 450 g/mol. The monoisotopic (exact) mass is 483 g/mol. The number of hydrogen-bond acceptors (Lipinski definition) is 5. The molecule has 3 aromatic carbocycles. The van der Waals surface area contributed by atoms with Crippen molar-refractivity contribution in [2.75, 3.05) is 13.2 Å². The Balaban J connectivity index is 1.40. The van der Waals surface area contributed by atoms with Gasteiger partial charge in [0.2, 0.25) is 5.88 Å². The maximum atomic E-state index is 10.8. The Morgan fingerprint density at radius 1 is 0.972 bits per heavy atom. The molecule has 6 heteroatoms. The fourth-order valence-electron chi connectivity index (χ4n) is 4.46. The lowest BCUT2D eigenvalue weighted by molar-refractivity contribution is 0.0624. The zero-order valence-corrected chi connectivity index (χ0v) is 20.9. The number of rotatable bonds is 11. The first-order valence-corrected chi connectivity index (χ1v) is 12.5. The molecule has 1 aromatic heterocycles. The molecule has 36 heavy (non-hydrogen) atoms. The van der Waals surface area contributed by atoms with Crippen LogP contribution in [0.5, 0.6) is 17.4 Å². The van der Waals surface area contributed by atoms with Crippen LogP contribution in [-0.2, 0) is 13.6 Å². The van der Waals surface area contributed by atoms with Gasteiger partial charge < -0.3 is 14.6 Å². The van der Waals surface area contributed by atoms with Gasteiger partial charge in [-0.2, -0.15) is 5.10 Å². The van der Waals surface area contributed by atoms with E-state index in [1.54, 1.807) is 0 Å². The molecule has 1 N–H and O–H groups in total. The molecule has 1 heterocycles. The number of aliphatic hydroxyl groups is 1. The van der Waals surface area contributed by atoms with Gasteiger partial charge in [0.25, 0.3) is 0 Å². The molecule has 186 valence electrons. The van der Waals surface area contributed by atoms with Gasteiger partial charge in [-0.25, -0.2) is 4.68 Å². The van der Waals surface area contributed by atoms with Crippen LogP contribution in [0.3, 0.4) is 0 Å². The van der Waals surface area contributed by atoms with Gasteiger partial charge in [0.1, 0.15) is 29.9 Å². The molecule has 1 aliphatic carbocycles. The van der Waals surface area contributed by atoms with Crippen molar-refractivity contribution < 1.29 is 14.6 Å². The molecule has 1 fully saturated rings. The zero-order valence-electron chi connectivity index (χ0n) is 20.9. The normalized spacial score (nSPS) is 14.1. The molecule has 0 saturated heterocycles. The fraction of sp³-hybridized carbons (Fsp3) is 0.300. The van der Waals surface area contributed by atoms with Crippen molar-refractivity contribution in [1.82, 2.24) is 14.7 Å². The van der Waals surface area contributed by atoms with Crippen LogP contribution in [0.15, 0.2) is 84.9 Å². The Labute approximate surface area is 212 Å². The number of aromatic nitrogens is 2. The molecule has 0 aliphatic heterocycles. The van der Waals surface area contributed by atoms with Gasteiger partial charge in [-0.1, -0.05) is 60.7 Å². The summed E-state index contributed by atoms with van der Waals surface area (Å²) in [5, 5.41) is 15.7. The quantitative estimate of drug-likeness (QED) is 0.301. The first-order valence-electron chi connectivity index (χ1n) is 12.5. The van der Waals surface area contributed by atoms with E-state index in [-0.39, 0.29) is 6.61 Å². The Hall–Kier alpha value is -3.61. The number of para-hydroxylation sites is 1. The van der Waals surface area contributed by atoms with Gasteiger partial charge in [0.15, 0.2) is 0 Å². The van der Waals surface area contributed by atoms with Crippen LogP contribution in [0.1, 0.15) is 24.0 Å². The molecule has 0 amide bonds. The van der Waals surface area contributed by atoms with Crippen molar-refractivity contribution in [2.24, 2.45) is 7.05 Å². The highest BCUT2D eigenvalue weighted by Crippen LogP contribution is 2.37. The van der Waals surface area contributed by atoms with Gasteiger partial charge in [0.05, 0.1) is 5.56 Å². The largest absolute Gasteiger partial charge is 0.491 e. The second-order valence-corrected chi connectivity index (χ2v) is 9.48. The van der Waals surface area contributed by atoms with Crippen LogP contribution in [-0.4, -0.2) is 45.1 Å². The second kappa shape index (κ2) is 11.0. The van der Waals surface area contributed by atoms with E-state index in [1.807, 2.05) is 78.5 Å². The molecule has 0 radical (unpaired) electrons. The Kier molecular flexibility index (Phi) is 7.35. The van der Waals surface area contributed by atoms with E-state index in [2.05, 4.69) is 30.0 Å². The lowest BCUT2D eigenvalue weighted by atomic mass is 10.1. The summed E-state index contributed by atoms with van der Waals surface area (Å²) in [4.78, 5) is 2.34. The standard InChI is InChI=1S/C30H33N3O3/c1-22-10-9-15-27(18-22)36-30-28(29(31-32(30)2)23-11-5-3-6-12-23)20-33(24-16-17-24)19-25(34)21-35-26-13-7-4-8-14-26/h3-15,18,24-25,34H,16-17,19-21H2,1-2H3. The average molecular weight is 484 g/mol. The molecule has 6 nitrogen and oxygen atoms in total. The van der Waals surface area contributed by atoms with Crippen LogP contribution in [0.4, 0.5) is 0 Å². The highest BCUT2D eigenvalue weighted by atomic mass is 16.5. The number of ether oxygens (including phenoxy) is 2. The summed E-state index contributed by atoms with van der Waals surface area (Å²) >= 11 is 0. The molecule has 1 unspecified atom stereocenters. The topological polar surface area (TPSA) is 59.8 Å². The number of aryl methyl sites for hydroxylation is 2. The summed E-state index contributed by atoms with van der Waals surface area (Å²) < 4.78 is 14.1. The Bertz CT molecular complexity index is 1270. The van der Waals surface area contributed by atoms with E-state index in [1.165, 1.54) is 0 Å². The SMILES string of the molecule is Cc1cccc(Oc2c(CN(CC(O)COc3ccccc3)C3CC3)c(-c3ccccc3)nn2C)c1. The molecular formula is C30H33N3O3. The molecule has 0 spiro atoms. The van der Waals surface area contributed by atoms with Crippen molar-refractivity contribution in [2.45, 2.75) is 38.5 Å². The first kappa shape index (κ1) is 24.1. The van der Waals surface area contributed by atoms with E-state index < -0.39 is 6.10 Å². The van der Waals surface area contributed by atoms with Crippen LogP contribution >= 0.6 is 0 Å². The Morgan fingerprint density at radius 3 is 2.36 bits per heavy atom. The first-order chi connectivity index (χ1) is 17.6. The lowest BCUT2D eigenvalue weighted by Crippen LogP contribution is -2.36. The van der Waals surface area contributed by atoms with Crippen LogP contribution in [0.2, 0.25) is 0 Å². The van der Waals surface area contributed by atoms with E-state index in [0.717, 1.165) is 52.6 Å². The molecule has 5 rings (SSSR count). The molecule has 4 aromatic rings. The Morgan fingerprint density at radius 2 is 1.67 bits per heavy atom. The molecule has 1 aliphatic rings. The molecule has 1 atom stereocenters. The maximum Gasteiger partial charge on any atom is 0.222 e. The summed E-state index contributed by atoms with van der Waals surface area (Å²) in [5.41, 5.74) is 4.11. The highest BCUT2D eigenvalue weighted by molar-refractivity contribution is 5.65. The van der Waals surface area contributed by atoms with Gasteiger partial charge in [0, 0.05) is 31.7 Å². The number of nitrogens with zero attached hydrogens (tertiary/aromatic N) is 3. The van der Waals surface area contributed by atoms with E-state index >= 15 is 0 Å². The van der Waals surface area contributed by atoms with Crippen molar-refractivity contribution in [3.8, 4) is 28.6 Å². The maximum absolute atomic E-state index is 10.8. The fourth-order valence-corrected chi connectivity index (χ4v) is 4.46. The molecule has 1 saturated carbocycles. The van der Waals surface area contributed by atoms with Gasteiger partial charge in [-0.3, -0.25) is 4.90 Å². The van der Waals surface area contributed by atoms with E-state index in [0.29, 0.717) is 19.1 Å². The van der Waals surface area contributed by atoms with Gasteiger partial charge in [-0.05, 0) is 49.6 Å². The third-order valence-electron chi connectivity index (χ3n) is 6.39. The lowest BCUT2D eigenvalue weighted by Gasteiger charge is -2.25. The summed E-state index contributed by atoms with van der Waals surface area (Å²) in [5.74, 6) is 2.27. The summed E-state index contributed by atoms with van der Waals surface area (Å²) in [6, 6.07) is 28.3. The predicted molar refractivity (Wildman–Crippen MR) is 141 cm³/mol. The third-order valence-corrected chi connectivity index (χ3v) is 6.39. The number of benzene rings is 3. The summed E-state index contributed by atoms with van der Waals surface area (Å²) in [6.45, 7) is 3.45. The summed E-state index contributed by atoms with van der Waals surface area (Å²) in [7, 11) is 1.92. The van der Waals surface area contributed by atoms with Crippen molar-refractivity contribution in [1.29, 1.82) is 0 Å². The number of aliphatic hydroxyl groups excluding tert-OH is 1. The van der Waals surface area contributed by atoms with Crippen molar-refractivity contribution in [3.05, 3.63) is 96.1 Å². The highest BCUT2D eigenvalue weighted by Gasteiger charge is 2.33. The number of hydrogen-bond donors (Lipinski definition) is 1. The van der Waals surface area contributed by atoms with Gasteiger partial charge in [-0.15, -0.1) is 0 Å². The smallest absolute Gasteiger partial charge is 0.222 e. The average Bonchev–Trinajstić information content (AvgIpc) is 3.70. The van der Waals surface area contributed by atoms with E-state index in [9.17, 15) is 5.11 Å². The molecule has 0 bridgehead atoms. The van der Waals surface area contributed by atoms with Crippen molar-refractivity contribution in [3.63, 3.8) is 0 Å². The zero-order chi connectivity index (χ0) is 24.9. The third kappa shape index (κ3) is 5.96. The summed E-state index contributed by atoms with van der Waals surface area (Å²) in [6.07, 6.45) is 1.64. The van der Waals surface area contributed by atoms with E-state index in [4.69, 9.17) is 14.6 Å². The minimum Gasteiger partial charge on any atom is -0.491 e. The minimum atomic E-state index is -0.608.